The van der Waals surface area contributed by atoms with E-state index in [2.05, 4.69) is 47.8 Å². The van der Waals surface area contributed by atoms with E-state index in [0.717, 1.165) is 39.9 Å². The zero-order chi connectivity index (χ0) is 26.7. The second-order valence-electron chi connectivity index (χ2n) is 9.89. The van der Waals surface area contributed by atoms with Crippen molar-refractivity contribution in [3.63, 3.8) is 0 Å². The van der Waals surface area contributed by atoms with Gasteiger partial charge in [-0.25, -0.2) is 0 Å². The van der Waals surface area contributed by atoms with Crippen LogP contribution < -0.4 is 25.0 Å². The first kappa shape index (κ1) is 24.0. The Kier molecular flexibility index (Phi) is 5.53. The van der Waals surface area contributed by atoms with Gasteiger partial charge < -0.3 is 29.7 Å². The predicted octanol–water partition coefficient (Wildman–Crippen LogP) is 3.98. The van der Waals surface area contributed by atoms with Gasteiger partial charge in [-0.2, -0.15) is 15.1 Å². The predicted molar refractivity (Wildman–Crippen MR) is 147 cm³/mol. The second kappa shape index (κ2) is 8.99. The SMILES string of the molecule is COc1ccc2c(c1)C1(CC1c1ccc3c(Nc4nc(Cl)nc(N5CCOCC5)c4OC)n[nH]c3c1)C(=O)N2. The van der Waals surface area contributed by atoms with Gasteiger partial charge in [0.2, 0.25) is 16.9 Å². The lowest BCUT2D eigenvalue weighted by Crippen LogP contribution is -2.37. The van der Waals surface area contributed by atoms with E-state index < -0.39 is 5.41 Å². The quantitative estimate of drug-likeness (QED) is 0.307. The Bertz CT molecular complexity index is 1620. The highest BCUT2D eigenvalue weighted by Gasteiger charge is 2.65. The lowest BCUT2D eigenvalue weighted by atomic mass is 9.91. The summed E-state index contributed by atoms with van der Waals surface area (Å²) in [5, 5.41) is 14.9. The van der Waals surface area contributed by atoms with Crippen molar-refractivity contribution in [2.75, 3.05) is 56.1 Å². The van der Waals surface area contributed by atoms with Crippen molar-refractivity contribution < 1.29 is 19.0 Å². The van der Waals surface area contributed by atoms with E-state index in [1.165, 1.54) is 0 Å². The molecular formula is C27H26ClN7O4. The van der Waals surface area contributed by atoms with Crippen LogP contribution in [-0.2, 0) is 14.9 Å². The number of methoxy groups -OCH3 is 2. The number of rotatable bonds is 6. The largest absolute Gasteiger partial charge is 0.497 e. The Morgan fingerprint density at radius 2 is 1.95 bits per heavy atom. The Morgan fingerprint density at radius 3 is 2.74 bits per heavy atom. The molecule has 1 aliphatic carbocycles. The molecule has 2 aromatic carbocycles. The molecule has 1 spiro atoms. The van der Waals surface area contributed by atoms with Crippen LogP contribution in [0.15, 0.2) is 36.4 Å². The fourth-order valence-electron chi connectivity index (χ4n) is 5.83. The Hall–Kier alpha value is -4.09. The average Bonchev–Trinajstić information content (AvgIpc) is 3.51. The number of anilines is 4. The van der Waals surface area contributed by atoms with Gasteiger partial charge in [-0.1, -0.05) is 6.07 Å². The minimum absolute atomic E-state index is 0.0339. The fourth-order valence-corrected chi connectivity index (χ4v) is 6.00. The molecular weight excluding hydrogens is 522 g/mol. The summed E-state index contributed by atoms with van der Waals surface area (Å²) >= 11 is 6.30. The molecule has 4 aromatic rings. The molecule has 2 unspecified atom stereocenters. The van der Waals surface area contributed by atoms with Crippen LogP contribution in [-0.4, -0.2) is 66.6 Å². The number of carbonyl (C=O) groups is 1. The smallest absolute Gasteiger partial charge is 0.235 e. The van der Waals surface area contributed by atoms with Crippen LogP contribution in [0.5, 0.6) is 11.5 Å². The molecule has 2 aromatic heterocycles. The van der Waals surface area contributed by atoms with E-state index in [0.29, 0.717) is 49.5 Å². The molecule has 12 heteroatoms. The van der Waals surface area contributed by atoms with Crippen molar-refractivity contribution in [1.29, 1.82) is 0 Å². The van der Waals surface area contributed by atoms with Crippen molar-refractivity contribution >= 4 is 51.6 Å². The third-order valence-electron chi connectivity index (χ3n) is 7.88. The molecule has 200 valence electrons. The van der Waals surface area contributed by atoms with E-state index >= 15 is 0 Å². The number of halogens is 1. The summed E-state index contributed by atoms with van der Waals surface area (Å²) < 4.78 is 16.6. The summed E-state index contributed by atoms with van der Waals surface area (Å²) in [7, 11) is 3.21. The number of aromatic nitrogens is 4. The lowest BCUT2D eigenvalue weighted by Gasteiger charge is -2.29. The summed E-state index contributed by atoms with van der Waals surface area (Å²) in [6.07, 6.45) is 0.741. The highest BCUT2D eigenvalue weighted by Crippen LogP contribution is 2.65. The number of carbonyl (C=O) groups excluding carboxylic acids is 1. The molecule has 1 saturated heterocycles. The van der Waals surface area contributed by atoms with Crippen LogP contribution in [0.25, 0.3) is 10.9 Å². The van der Waals surface area contributed by atoms with Crippen molar-refractivity contribution in [2.24, 2.45) is 0 Å². The number of benzene rings is 2. The van der Waals surface area contributed by atoms with Gasteiger partial charge in [-0.3, -0.25) is 9.89 Å². The number of ether oxygens (including phenoxy) is 3. The molecule has 7 rings (SSSR count). The van der Waals surface area contributed by atoms with Gasteiger partial charge >= 0.3 is 0 Å². The summed E-state index contributed by atoms with van der Waals surface area (Å²) in [5.74, 6) is 2.93. The molecule has 2 fully saturated rings. The van der Waals surface area contributed by atoms with Crippen LogP contribution in [0.2, 0.25) is 5.28 Å². The van der Waals surface area contributed by atoms with Gasteiger partial charge in [0.05, 0.1) is 38.4 Å². The van der Waals surface area contributed by atoms with Crippen LogP contribution in [0, 0.1) is 0 Å². The zero-order valence-corrected chi connectivity index (χ0v) is 22.1. The van der Waals surface area contributed by atoms with Crippen molar-refractivity contribution in [3.8, 4) is 11.5 Å². The molecule has 2 atom stereocenters. The number of nitrogens with zero attached hydrogens (tertiary/aromatic N) is 4. The third kappa shape index (κ3) is 3.75. The van der Waals surface area contributed by atoms with E-state index in [4.69, 9.17) is 25.8 Å². The minimum atomic E-state index is -0.570. The number of nitrogens with one attached hydrogen (secondary N) is 3. The van der Waals surface area contributed by atoms with Crippen LogP contribution in [0.4, 0.5) is 23.1 Å². The summed E-state index contributed by atoms with van der Waals surface area (Å²) in [4.78, 5) is 23.9. The maximum atomic E-state index is 13.1. The molecule has 11 nitrogen and oxygen atoms in total. The van der Waals surface area contributed by atoms with E-state index in [-0.39, 0.29) is 17.1 Å². The van der Waals surface area contributed by atoms with E-state index in [1.54, 1.807) is 14.2 Å². The fraction of sp³-hybridized carbons (Fsp3) is 0.333. The Balaban J connectivity index is 1.19. The number of fused-ring (bicyclic) bond motifs is 3. The normalized spacial score (nSPS) is 21.7. The molecule has 1 saturated carbocycles. The van der Waals surface area contributed by atoms with Crippen molar-refractivity contribution in [2.45, 2.75) is 17.8 Å². The first-order valence-electron chi connectivity index (χ1n) is 12.7. The van der Waals surface area contributed by atoms with E-state index in [9.17, 15) is 4.79 Å². The summed E-state index contributed by atoms with van der Waals surface area (Å²) in [6, 6.07) is 11.9. The number of hydrogen-bond acceptors (Lipinski definition) is 9. The van der Waals surface area contributed by atoms with Gasteiger partial charge in [0.1, 0.15) is 5.75 Å². The van der Waals surface area contributed by atoms with Crippen LogP contribution in [0.1, 0.15) is 23.5 Å². The molecule has 3 aliphatic rings. The minimum Gasteiger partial charge on any atom is -0.497 e. The molecule has 2 aliphatic heterocycles. The number of aromatic amines is 1. The van der Waals surface area contributed by atoms with Crippen LogP contribution >= 0.6 is 11.6 Å². The van der Waals surface area contributed by atoms with Gasteiger partial charge in [0, 0.05) is 30.1 Å². The van der Waals surface area contributed by atoms with E-state index in [1.807, 2.05) is 24.3 Å². The average molecular weight is 548 g/mol. The number of hydrogen-bond donors (Lipinski definition) is 3. The number of amides is 1. The van der Waals surface area contributed by atoms with Gasteiger partial charge in [0.25, 0.3) is 0 Å². The van der Waals surface area contributed by atoms with Crippen LogP contribution in [0.3, 0.4) is 0 Å². The standard InChI is InChI=1S/C27H26ClN7O4/c1-37-15-4-6-19-17(12-15)27(25(36)29-19)13-18(27)14-3-5-16-20(11-14)33-34-22(16)30-23-21(38-2)24(32-26(28)31-23)35-7-9-39-10-8-35/h3-6,11-12,18H,7-10,13H2,1-2H3,(H,29,36)(H2,30,31,32,33,34). The Morgan fingerprint density at radius 1 is 1.10 bits per heavy atom. The molecule has 1 amide bonds. The zero-order valence-electron chi connectivity index (χ0n) is 21.4. The molecule has 39 heavy (non-hydrogen) atoms. The van der Waals surface area contributed by atoms with Crippen molar-refractivity contribution in [3.05, 3.63) is 52.8 Å². The summed E-state index contributed by atoms with van der Waals surface area (Å²) in [5.41, 5.74) is 3.19. The first-order chi connectivity index (χ1) is 19.0. The first-order valence-corrected chi connectivity index (χ1v) is 13.1. The molecule has 3 N–H and O–H groups in total. The molecule has 0 radical (unpaired) electrons. The highest BCUT2D eigenvalue weighted by molar-refractivity contribution is 6.28. The van der Waals surface area contributed by atoms with Gasteiger partial charge in [-0.15, -0.1) is 0 Å². The lowest BCUT2D eigenvalue weighted by molar-refractivity contribution is -0.118. The second-order valence-corrected chi connectivity index (χ2v) is 10.2. The molecule has 0 bridgehead atoms. The third-order valence-corrected chi connectivity index (χ3v) is 8.05. The number of morpholine rings is 1. The maximum absolute atomic E-state index is 13.1. The molecule has 4 heterocycles. The van der Waals surface area contributed by atoms with Gasteiger partial charge in [0.15, 0.2) is 17.5 Å². The monoisotopic (exact) mass is 547 g/mol. The number of H-pyrrole nitrogens is 1. The van der Waals surface area contributed by atoms with Gasteiger partial charge in [-0.05, 0) is 59.5 Å². The summed E-state index contributed by atoms with van der Waals surface area (Å²) in [6.45, 7) is 2.55. The maximum Gasteiger partial charge on any atom is 0.235 e. The topological polar surface area (TPSA) is 127 Å². The van der Waals surface area contributed by atoms with Crippen molar-refractivity contribution in [1.82, 2.24) is 20.2 Å². The Labute approximate surface area is 228 Å². The highest BCUT2D eigenvalue weighted by atomic mass is 35.5.